The monoisotopic (exact) mass is 392 g/mol. The molecule has 0 fully saturated rings. The fourth-order valence-electron chi connectivity index (χ4n) is 2.32. The Morgan fingerprint density at radius 1 is 1.26 bits per heavy atom. The number of hydrogen-bond acceptors (Lipinski definition) is 2. The van der Waals surface area contributed by atoms with Gasteiger partial charge in [-0.25, -0.2) is 4.39 Å². The molecule has 1 heterocycles. The third-order valence-electron chi connectivity index (χ3n) is 3.38. The highest BCUT2D eigenvalue weighted by molar-refractivity contribution is 9.10. The third-order valence-corrected chi connectivity index (χ3v) is 4.91. The number of rotatable bonds is 3. The molecule has 0 N–H and O–H groups in total. The molecule has 0 spiro atoms. The Morgan fingerprint density at radius 2 is 2.00 bits per heavy atom. The molecule has 0 bridgehead atoms. The molecular weight excluding hydrogens is 379 g/mol. The van der Waals surface area contributed by atoms with Crippen molar-refractivity contribution in [3.8, 4) is 0 Å². The molecule has 0 radical (unpaired) electrons. The van der Waals surface area contributed by atoms with Gasteiger partial charge in [0.2, 0.25) is 0 Å². The second kappa shape index (κ2) is 6.76. The van der Waals surface area contributed by atoms with Crippen molar-refractivity contribution in [3.63, 3.8) is 0 Å². The number of benzene rings is 2. The summed E-state index contributed by atoms with van der Waals surface area (Å²) in [5.41, 5.74) is 1.44. The molecule has 0 saturated carbocycles. The summed E-state index contributed by atoms with van der Waals surface area (Å²) in [6.45, 7) is 2.87. The van der Waals surface area contributed by atoms with Crippen LogP contribution in [0.25, 0.3) is 10.2 Å². The molecule has 3 rings (SSSR count). The van der Waals surface area contributed by atoms with E-state index < -0.39 is 0 Å². The van der Waals surface area contributed by atoms with E-state index in [-0.39, 0.29) is 11.7 Å². The Morgan fingerprint density at radius 3 is 2.70 bits per heavy atom. The molecule has 0 atom stereocenters. The molecule has 0 aliphatic rings. The van der Waals surface area contributed by atoms with Crippen LogP contribution in [0.1, 0.15) is 23.7 Å². The highest BCUT2D eigenvalue weighted by Crippen LogP contribution is 2.22. The summed E-state index contributed by atoms with van der Waals surface area (Å²) in [6.07, 6.45) is 0.944. The van der Waals surface area contributed by atoms with Crippen LogP contribution < -0.4 is 4.80 Å². The summed E-state index contributed by atoms with van der Waals surface area (Å²) in [7, 11) is 0. The maximum atomic E-state index is 13.0. The first kappa shape index (κ1) is 16.1. The van der Waals surface area contributed by atoms with E-state index in [2.05, 4.69) is 27.8 Å². The molecule has 3 aromatic rings. The van der Waals surface area contributed by atoms with Gasteiger partial charge in [0.1, 0.15) is 5.82 Å². The van der Waals surface area contributed by atoms with Gasteiger partial charge in [0.15, 0.2) is 4.80 Å². The lowest BCUT2D eigenvalue weighted by molar-refractivity contribution is 0.0998. The number of nitrogens with zero attached hydrogens (tertiary/aromatic N) is 2. The van der Waals surface area contributed by atoms with E-state index in [9.17, 15) is 9.18 Å². The number of aryl methyl sites for hydroxylation is 1. The van der Waals surface area contributed by atoms with Gasteiger partial charge in [0.05, 0.1) is 10.2 Å². The van der Waals surface area contributed by atoms with Crippen molar-refractivity contribution in [2.24, 2.45) is 4.99 Å². The molecule has 23 heavy (non-hydrogen) atoms. The van der Waals surface area contributed by atoms with E-state index >= 15 is 0 Å². The van der Waals surface area contributed by atoms with Crippen LogP contribution >= 0.6 is 27.3 Å². The Bertz CT molecular complexity index is 928. The van der Waals surface area contributed by atoms with Crippen LogP contribution in [0.4, 0.5) is 4.39 Å². The first-order valence-corrected chi connectivity index (χ1v) is 8.83. The summed E-state index contributed by atoms with van der Waals surface area (Å²) in [5, 5.41) is 0. The summed E-state index contributed by atoms with van der Waals surface area (Å²) < 4.78 is 17.1. The summed E-state index contributed by atoms with van der Waals surface area (Å²) in [4.78, 5) is 17.2. The van der Waals surface area contributed by atoms with E-state index in [0.29, 0.717) is 10.4 Å². The number of carbonyl (C=O) groups is 1. The van der Waals surface area contributed by atoms with Crippen LogP contribution in [0.15, 0.2) is 51.9 Å². The fourth-order valence-corrected chi connectivity index (χ4v) is 3.92. The highest BCUT2D eigenvalue weighted by Gasteiger charge is 2.09. The van der Waals surface area contributed by atoms with Crippen LogP contribution in [-0.2, 0) is 6.54 Å². The molecule has 0 saturated heterocycles. The van der Waals surface area contributed by atoms with Crippen molar-refractivity contribution >= 4 is 43.4 Å². The Hall–Kier alpha value is -1.79. The first-order valence-electron chi connectivity index (χ1n) is 7.22. The minimum Gasteiger partial charge on any atom is -0.316 e. The topological polar surface area (TPSA) is 34.4 Å². The second-order valence-corrected chi connectivity index (χ2v) is 7.00. The number of carbonyl (C=O) groups excluding carboxylic acids is 1. The Kier molecular flexibility index (Phi) is 4.73. The number of halogens is 2. The van der Waals surface area contributed by atoms with Gasteiger partial charge in [-0.3, -0.25) is 4.79 Å². The quantitative estimate of drug-likeness (QED) is 0.632. The molecule has 118 valence electrons. The van der Waals surface area contributed by atoms with E-state index in [1.807, 2.05) is 22.8 Å². The normalized spacial score (nSPS) is 12.0. The van der Waals surface area contributed by atoms with Crippen LogP contribution in [0.3, 0.4) is 0 Å². The minimum absolute atomic E-state index is 0.361. The maximum absolute atomic E-state index is 13.0. The number of thiazole rings is 1. The van der Waals surface area contributed by atoms with Crippen LogP contribution in [0, 0.1) is 5.82 Å². The van der Waals surface area contributed by atoms with Crippen molar-refractivity contribution in [1.82, 2.24) is 4.57 Å². The number of fused-ring (bicyclic) bond motifs is 1. The molecule has 2 aromatic carbocycles. The lowest BCUT2D eigenvalue weighted by Crippen LogP contribution is -2.16. The zero-order valence-electron chi connectivity index (χ0n) is 12.4. The second-order valence-electron chi connectivity index (χ2n) is 5.07. The van der Waals surface area contributed by atoms with E-state index in [1.54, 1.807) is 0 Å². The number of amides is 1. The molecule has 0 aliphatic carbocycles. The summed E-state index contributed by atoms with van der Waals surface area (Å²) in [5.74, 6) is -0.727. The molecule has 1 aromatic heterocycles. The Labute approximate surface area is 145 Å². The average Bonchev–Trinajstić information content (AvgIpc) is 2.85. The van der Waals surface area contributed by atoms with E-state index in [0.717, 1.165) is 27.7 Å². The van der Waals surface area contributed by atoms with E-state index in [4.69, 9.17) is 0 Å². The standard InChI is InChI=1S/C17H14BrFN2OS/c1-2-9-21-14-8-5-12(18)10-15(14)23-17(21)20-16(22)11-3-6-13(19)7-4-11/h3-8,10H,2,9H2,1H3. The van der Waals surface area contributed by atoms with Crippen LogP contribution in [-0.4, -0.2) is 10.5 Å². The molecule has 3 nitrogen and oxygen atoms in total. The molecule has 0 unspecified atom stereocenters. The van der Waals surface area contributed by atoms with Crippen molar-refractivity contribution < 1.29 is 9.18 Å². The van der Waals surface area contributed by atoms with Gasteiger partial charge in [-0.1, -0.05) is 34.2 Å². The average molecular weight is 393 g/mol. The predicted octanol–water partition coefficient (Wildman–Crippen LogP) is 4.76. The first-order chi connectivity index (χ1) is 11.1. The smallest absolute Gasteiger partial charge is 0.279 e. The van der Waals surface area contributed by atoms with Gasteiger partial charge in [-0.2, -0.15) is 4.99 Å². The summed E-state index contributed by atoms with van der Waals surface area (Å²) in [6, 6.07) is 11.5. The van der Waals surface area contributed by atoms with Crippen LogP contribution in [0.2, 0.25) is 0 Å². The van der Waals surface area contributed by atoms with Crippen molar-refractivity contribution in [3.05, 3.63) is 63.1 Å². The third kappa shape index (κ3) is 3.43. The lowest BCUT2D eigenvalue weighted by atomic mass is 10.2. The van der Waals surface area contributed by atoms with Gasteiger partial charge in [-0.05, 0) is 48.9 Å². The number of hydrogen-bond donors (Lipinski definition) is 0. The van der Waals surface area contributed by atoms with Crippen molar-refractivity contribution in [2.45, 2.75) is 19.9 Å². The van der Waals surface area contributed by atoms with Gasteiger partial charge in [0, 0.05) is 16.6 Å². The SMILES string of the molecule is CCCn1c(=NC(=O)c2ccc(F)cc2)sc2cc(Br)ccc21. The van der Waals surface area contributed by atoms with E-state index in [1.165, 1.54) is 35.6 Å². The zero-order valence-corrected chi connectivity index (χ0v) is 14.8. The van der Waals surface area contributed by atoms with Gasteiger partial charge in [-0.15, -0.1) is 0 Å². The van der Waals surface area contributed by atoms with Gasteiger partial charge < -0.3 is 4.57 Å². The van der Waals surface area contributed by atoms with Crippen molar-refractivity contribution in [1.29, 1.82) is 0 Å². The Balaban J connectivity index is 2.12. The molecule has 0 aliphatic heterocycles. The van der Waals surface area contributed by atoms with Gasteiger partial charge >= 0.3 is 0 Å². The lowest BCUT2D eigenvalue weighted by Gasteiger charge is -2.02. The highest BCUT2D eigenvalue weighted by atomic mass is 79.9. The van der Waals surface area contributed by atoms with Gasteiger partial charge in [0.25, 0.3) is 5.91 Å². The predicted molar refractivity (Wildman–Crippen MR) is 94.1 cm³/mol. The maximum Gasteiger partial charge on any atom is 0.279 e. The minimum atomic E-state index is -0.366. The summed E-state index contributed by atoms with van der Waals surface area (Å²) >= 11 is 4.94. The molecular formula is C17H14BrFN2OS. The number of aromatic nitrogens is 1. The fraction of sp³-hybridized carbons (Fsp3) is 0.176. The molecule has 6 heteroatoms. The van der Waals surface area contributed by atoms with Crippen molar-refractivity contribution in [2.75, 3.05) is 0 Å². The zero-order chi connectivity index (χ0) is 16.4. The van der Waals surface area contributed by atoms with Crippen LogP contribution in [0.5, 0.6) is 0 Å². The largest absolute Gasteiger partial charge is 0.316 e. The molecule has 1 amide bonds.